The molecule has 0 aromatic heterocycles. The lowest BCUT2D eigenvalue weighted by Gasteiger charge is -2.14. The molecule has 1 heterocycles. The van der Waals surface area contributed by atoms with Gasteiger partial charge >= 0.3 is 5.97 Å². The molecule has 0 spiro atoms. The molecule has 1 N–H and O–H groups in total. The second-order valence-electron chi connectivity index (χ2n) is 7.23. The number of rotatable bonds is 7. The summed E-state index contributed by atoms with van der Waals surface area (Å²) in [6.45, 7) is 3.84. The fourth-order valence-electron chi connectivity index (χ4n) is 3.15. The number of ether oxygens (including phenoxy) is 1. The quantitative estimate of drug-likeness (QED) is 0.558. The van der Waals surface area contributed by atoms with E-state index in [1.54, 1.807) is 0 Å². The van der Waals surface area contributed by atoms with E-state index < -0.39 is 18.5 Å². The van der Waals surface area contributed by atoms with Crippen molar-refractivity contribution >= 4 is 35.1 Å². The minimum absolute atomic E-state index is 0.193. The van der Waals surface area contributed by atoms with Gasteiger partial charge in [0.15, 0.2) is 6.61 Å². The minimum Gasteiger partial charge on any atom is -0.452 e. The van der Waals surface area contributed by atoms with Crippen LogP contribution in [0.5, 0.6) is 0 Å². The highest BCUT2D eigenvalue weighted by atomic mass is 16.5. The summed E-state index contributed by atoms with van der Waals surface area (Å²) in [5, 5.41) is 2.69. The van der Waals surface area contributed by atoms with E-state index in [0.29, 0.717) is 17.3 Å². The highest BCUT2D eigenvalue weighted by molar-refractivity contribution is 6.19. The zero-order chi connectivity index (χ0) is 21.7. The van der Waals surface area contributed by atoms with Gasteiger partial charge < -0.3 is 10.1 Å². The van der Waals surface area contributed by atoms with E-state index in [1.165, 1.54) is 29.8 Å². The fourth-order valence-corrected chi connectivity index (χ4v) is 3.15. The predicted molar refractivity (Wildman–Crippen MR) is 112 cm³/mol. The van der Waals surface area contributed by atoms with E-state index in [0.717, 1.165) is 11.3 Å². The first-order valence-corrected chi connectivity index (χ1v) is 9.91. The summed E-state index contributed by atoms with van der Waals surface area (Å²) in [7, 11) is 0. The third kappa shape index (κ3) is 4.92. The number of esters is 1. The van der Waals surface area contributed by atoms with Gasteiger partial charge in [0.1, 0.15) is 0 Å². The number of nitrogens with zero attached hydrogens (tertiary/aromatic N) is 1. The number of carbonyl (C=O) groups is 4. The van der Waals surface area contributed by atoms with Gasteiger partial charge in [-0.3, -0.25) is 19.3 Å². The van der Waals surface area contributed by atoms with Crippen LogP contribution in [0.4, 0.5) is 11.4 Å². The normalized spacial score (nSPS) is 14.5. The molecule has 1 aliphatic heterocycles. The number of hydrogen-bond donors (Lipinski definition) is 1. The summed E-state index contributed by atoms with van der Waals surface area (Å²) >= 11 is 0. The third-order valence-corrected chi connectivity index (χ3v) is 5.12. The molecule has 7 nitrogen and oxygen atoms in total. The number of benzene rings is 2. The molecule has 30 heavy (non-hydrogen) atoms. The molecule has 3 rings (SSSR count). The molecule has 1 fully saturated rings. The molecule has 1 aliphatic rings. The van der Waals surface area contributed by atoms with Crippen molar-refractivity contribution < 1.29 is 23.9 Å². The Morgan fingerprint density at radius 3 is 2.17 bits per heavy atom. The number of anilines is 2. The van der Waals surface area contributed by atoms with Crippen LogP contribution in [0.3, 0.4) is 0 Å². The van der Waals surface area contributed by atoms with E-state index in [1.807, 2.05) is 24.3 Å². The van der Waals surface area contributed by atoms with Crippen molar-refractivity contribution in [1.29, 1.82) is 0 Å². The Balaban J connectivity index is 1.52. The maximum atomic E-state index is 12.2. The molecule has 3 amide bonds. The summed E-state index contributed by atoms with van der Waals surface area (Å²) in [6.07, 6.45) is 1.42. The molecule has 0 aliphatic carbocycles. The van der Waals surface area contributed by atoms with Crippen LogP contribution in [0.2, 0.25) is 0 Å². The molecule has 2 aromatic rings. The van der Waals surface area contributed by atoms with Gasteiger partial charge in [0, 0.05) is 18.5 Å². The Labute approximate surface area is 175 Å². The zero-order valence-corrected chi connectivity index (χ0v) is 17.0. The monoisotopic (exact) mass is 408 g/mol. The van der Waals surface area contributed by atoms with Crippen LogP contribution in [0, 0.1) is 0 Å². The third-order valence-electron chi connectivity index (χ3n) is 5.12. The van der Waals surface area contributed by atoms with Gasteiger partial charge in [-0.05, 0) is 54.3 Å². The molecular formula is C23H24N2O5. The van der Waals surface area contributed by atoms with Crippen molar-refractivity contribution in [2.45, 2.75) is 39.0 Å². The van der Waals surface area contributed by atoms with Gasteiger partial charge in [0.05, 0.1) is 11.3 Å². The summed E-state index contributed by atoms with van der Waals surface area (Å²) in [5.74, 6) is -1.18. The Hall–Kier alpha value is -3.48. The Morgan fingerprint density at radius 2 is 1.60 bits per heavy atom. The van der Waals surface area contributed by atoms with Crippen LogP contribution in [-0.4, -0.2) is 30.3 Å². The first-order valence-electron chi connectivity index (χ1n) is 9.91. The summed E-state index contributed by atoms with van der Waals surface area (Å²) in [5.41, 5.74) is 2.47. The second-order valence-corrected chi connectivity index (χ2v) is 7.23. The largest absolute Gasteiger partial charge is 0.452 e. The van der Waals surface area contributed by atoms with E-state index in [4.69, 9.17) is 4.74 Å². The molecule has 0 radical (unpaired) electrons. The number of hydrogen-bond acceptors (Lipinski definition) is 5. The maximum Gasteiger partial charge on any atom is 0.338 e. The zero-order valence-electron chi connectivity index (χ0n) is 17.0. The van der Waals surface area contributed by atoms with Gasteiger partial charge in [-0.1, -0.05) is 26.0 Å². The lowest BCUT2D eigenvalue weighted by atomic mass is 9.99. The van der Waals surface area contributed by atoms with E-state index >= 15 is 0 Å². The van der Waals surface area contributed by atoms with Crippen molar-refractivity contribution in [3.8, 4) is 0 Å². The topological polar surface area (TPSA) is 92.8 Å². The van der Waals surface area contributed by atoms with Crippen molar-refractivity contribution in [3.63, 3.8) is 0 Å². The second kappa shape index (κ2) is 9.35. The average Bonchev–Trinajstić information content (AvgIpc) is 3.10. The number of imide groups is 1. The Bertz CT molecular complexity index is 935. The molecule has 0 unspecified atom stereocenters. The van der Waals surface area contributed by atoms with E-state index in [-0.39, 0.29) is 30.2 Å². The van der Waals surface area contributed by atoms with Crippen LogP contribution in [0.1, 0.15) is 54.9 Å². The highest BCUT2D eigenvalue weighted by Crippen LogP contribution is 2.23. The summed E-state index contributed by atoms with van der Waals surface area (Å²) in [6, 6.07) is 13.5. The molecule has 2 aromatic carbocycles. The van der Waals surface area contributed by atoms with Crippen LogP contribution in [0.15, 0.2) is 48.5 Å². The van der Waals surface area contributed by atoms with Gasteiger partial charge in [-0.25, -0.2) is 4.79 Å². The first-order chi connectivity index (χ1) is 14.4. The average molecular weight is 408 g/mol. The van der Waals surface area contributed by atoms with Gasteiger partial charge in [0.2, 0.25) is 11.8 Å². The molecule has 156 valence electrons. The first kappa shape index (κ1) is 21.2. The molecule has 0 saturated carbocycles. The van der Waals surface area contributed by atoms with Crippen molar-refractivity contribution in [2.24, 2.45) is 0 Å². The standard InChI is InChI=1S/C23H24N2O5/c1-3-15(2)16-4-8-18(9-5-16)24-20(26)14-30-23(29)17-6-10-19(11-7-17)25-21(27)12-13-22(25)28/h4-11,15H,3,12-14H2,1-2H3,(H,24,26)/t15-/m1/s1. The SMILES string of the molecule is CC[C@@H](C)c1ccc(NC(=O)COC(=O)c2ccc(N3C(=O)CCC3=O)cc2)cc1. The maximum absolute atomic E-state index is 12.2. The molecule has 0 bridgehead atoms. The number of nitrogens with one attached hydrogen (secondary N) is 1. The Morgan fingerprint density at radius 1 is 1.00 bits per heavy atom. The van der Waals surface area contributed by atoms with Crippen molar-refractivity contribution in [3.05, 3.63) is 59.7 Å². The lowest BCUT2D eigenvalue weighted by Crippen LogP contribution is -2.28. The summed E-state index contributed by atoms with van der Waals surface area (Å²) < 4.78 is 5.05. The smallest absolute Gasteiger partial charge is 0.338 e. The lowest BCUT2D eigenvalue weighted by molar-refractivity contribution is -0.121. The summed E-state index contributed by atoms with van der Waals surface area (Å²) in [4.78, 5) is 48.9. The van der Waals surface area contributed by atoms with E-state index in [2.05, 4.69) is 19.2 Å². The van der Waals surface area contributed by atoms with Crippen molar-refractivity contribution in [2.75, 3.05) is 16.8 Å². The van der Waals surface area contributed by atoms with Crippen LogP contribution in [0.25, 0.3) is 0 Å². The number of amides is 3. The van der Waals surface area contributed by atoms with Crippen LogP contribution < -0.4 is 10.2 Å². The number of carbonyl (C=O) groups excluding carboxylic acids is 4. The molecule has 1 atom stereocenters. The van der Waals surface area contributed by atoms with Crippen LogP contribution >= 0.6 is 0 Å². The van der Waals surface area contributed by atoms with Crippen molar-refractivity contribution in [1.82, 2.24) is 0 Å². The van der Waals surface area contributed by atoms with E-state index in [9.17, 15) is 19.2 Å². The molecular weight excluding hydrogens is 384 g/mol. The molecule has 1 saturated heterocycles. The van der Waals surface area contributed by atoms with Crippen LogP contribution in [-0.2, 0) is 19.1 Å². The molecule has 7 heteroatoms. The minimum atomic E-state index is -0.664. The fraction of sp³-hybridized carbons (Fsp3) is 0.304. The predicted octanol–water partition coefficient (Wildman–Crippen LogP) is 3.65. The Kier molecular flexibility index (Phi) is 6.61. The highest BCUT2D eigenvalue weighted by Gasteiger charge is 2.30. The van der Waals surface area contributed by atoms with Gasteiger partial charge in [-0.2, -0.15) is 0 Å². The van der Waals surface area contributed by atoms with Gasteiger partial charge in [0.25, 0.3) is 5.91 Å². The van der Waals surface area contributed by atoms with Gasteiger partial charge in [-0.15, -0.1) is 0 Å².